The van der Waals surface area contributed by atoms with Crippen LogP contribution < -0.4 is 16.0 Å². The minimum atomic E-state index is -0.489. The third-order valence-electron chi connectivity index (χ3n) is 4.51. The van der Waals surface area contributed by atoms with Crippen molar-refractivity contribution in [2.24, 2.45) is 5.73 Å². The van der Waals surface area contributed by atoms with Gasteiger partial charge in [-0.3, -0.25) is 14.5 Å². The van der Waals surface area contributed by atoms with Crippen LogP contribution in [0, 0.1) is 0 Å². The molecule has 1 aromatic heterocycles. The maximum atomic E-state index is 12.5. The second-order valence-electron chi connectivity index (χ2n) is 6.18. The average Bonchev–Trinajstić information content (AvgIpc) is 2.68. The number of amides is 2. The van der Waals surface area contributed by atoms with E-state index < -0.39 is 5.91 Å². The van der Waals surface area contributed by atoms with E-state index >= 15 is 0 Å². The standard InChI is InChI=1S/C18H22N6O2/c1-13(17(26)22-15-5-3-14(4-6-15)16(19)25)23-9-11-24(12-10-23)18-20-7-2-8-21-18/h2-8,13H,9-12H2,1H3,(H2,19,25)(H,22,26)/t13-/m1/s1. The number of carbonyl (C=O) groups excluding carboxylic acids is 2. The number of rotatable bonds is 5. The van der Waals surface area contributed by atoms with E-state index in [1.165, 1.54) is 0 Å². The first-order valence-corrected chi connectivity index (χ1v) is 8.51. The number of aromatic nitrogens is 2. The van der Waals surface area contributed by atoms with Gasteiger partial charge in [-0.2, -0.15) is 0 Å². The van der Waals surface area contributed by atoms with Crippen LogP contribution in [0.4, 0.5) is 11.6 Å². The fraction of sp³-hybridized carbons (Fsp3) is 0.333. The molecule has 2 amide bonds. The minimum Gasteiger partial charge on any atom is -0.366 e. The molecule has 0 radical (unpaired) electrons. The number of benzene rings is 1. The third-order valence-corrected chi connectivity index (χ3v) is 4.51. The Hall–Kier alpha value is -3.00. The molecule has 3 N–H and O–H groups in total. The highest BCUT2D eigenvalue weighted by Gasteiger charge is 2.26. The topological polar surface area (TPSA) is 104 Å². The van der Waals surface area contributed by atoms with E-state index in [-0.39, 0.29) is 11.9 Å². The predicted octanol–water partition coefficient (Wildman–Crippen LogP) is 0.725. The Morgan fingerprint density at radius 1 is 1.08 bits per heavy atom. The monoisotopic (exact) mass is 354 g/mol. The maximum Gasteiger partial charge on any atom is 0.248 e. The van der Waals surface area contributed by atoms with Crippen molar-refractivity contribution >= 4 is 23.5 Å². The van der Waals surface area contributed by atoms with Crippen LogP contribution in [0.25, 0.3) is 0 Å². The molecule has 3 rings (SSSR count). The van der Waals surface area contributed by atoms with Gasteiger partial charge in [0.2, 0.25) is 17.8 Å². The molecule has 1 aromatic carbocycles. The van der Waals surface area contributed by atoms with Gasteiger partial charge in [-0.15, -0.1) is 0 Å². The van der Waals surface area contributed by atoms with E-state index in [0.29, 0.717) is 11.3 Å². The van der Waals surface area contributed by atoms with Crippen molar-refractivity contribution in [3.8, 4) is 0 Å². The molecule has 1 aliphatic heterocycles. The summed E-state index contributed by atoms with van der Waals surface area (Å²) in [6, 6.07) is 8.08. The van der Waals surface area contributed by atoms with Crippen LogP contribution in [0.15, 0.2) is 42.7 Å². The summed E-state index contributed by atoms with van der Waals surface area (Å²) < 4.78 is 0. The number of nitrogens with one attached hydrogen (secondary N) is 1. The van der Waals surface area contributed by atoms with Gasteiger partial charge in [-0.1, -0.05) is 0 Å². The molecule has 8 nitrogen and oxygen atoms in total. The van der Waals surface area contributed by atoms with E-state index in [9.17, 15) is 9.59 Å². The molecule has 0 aliphatic carbocycles. The summed E-state index contributed by atoms with van der Waals surface area (Å²) in [5.74, 6) is 0.150. The van der Waals surface area contributed by atoms with Crippen molar-refractivity contribution < 1.29 is 9.59 Å². The van der Waals surface area contributed by atoms with Gasteiger partial charge in [0.05, 0.1) is 6.04 Å². The smallest absolute Gasteiger partial charge is 0.248 e. The van der Waals surface area contributed by atoms with Crippen LogP contribution in [-0.2, 0) is 4.79 Å². The third kappa shape index (κ3) is 4.15. The molecule has 1 fully saturated rings. The van der Waals surface area contributed by atoms with E-state index in [0.717, 1.165) is 32.1 Å². The SMILES string of the molecule is C[C@H](C(=O)Nc1ccc(C(N)=O)cc1)N1CCN(c2ncccn2)CC1. The van der Waals surface area contributed by atoms with Crippen LogP contribution in [0.3, 0.4) is 0 Å². The number of piperazine rings is 1. The van der Waals surface area contributed by atoms with Crippen LogP contribution >= 0.6 is 0 Å². The van der Waals surface area contributed by atoms with Crippen LogP contribution in [-0.4, -0.2) is 58.9 Å². The zero-order valence-corrected chi connectivity index (χ0v) is 14.6. The van der Waals surface area contributed by atoms with E-state index in [1.807, 2.05) is 6.92 Å². The quantitative estimate of drug-likeness (QED) is 0.820. The molecule has 0 spiro atoms. The highest BCUT2D eigenvalue weighted by Crippen LogP contribution is 2.14. The fourth-order valence-electron chi connectivity index (χ4n) is 2.89. The number of nitrogens with zero attached hydrogens (tertiary/aromatic N) is 4. The first kappa shape index (κ1) is 17.8. The number of nitrogens with two attached hydrogens (primary N) is 1. The lowest BCUT2D eigenvalue weighted by Gasteiger charge is -2.37. The summed E-state index contributed by atoms with van der Waals surface area (Å²) in [7, 11) is 0. The molecule has 0 saturated carbocycles. The molecule has 0 unspecified atom stereocenters. The normalized spacial score (nSPS) is 16.1. The van der Waals surface area contributed by atoms with Crippen molar-refractivity contribution in [1.29, 1.82) is 0 Å². The Morgan fingerprint density at radius 3 is 2.27 bits per heavy atom. The molecule has 26 heavy (non-hydrogen) atoms. The molecule has 2 heterocycles. The van der Waals surface area contributed by atoms with Crippen LogP contribution in [0.5, 0.6) is 0 Å². The maximum absolute atomic E-state index is 12.5. The average molecular weight is 354 g/mol. The van der Waals surface area contributed by atoms with Gasteiger partial charge in [-0.25, -0.2) is 9.97 Å². The summed E-state index contributed by atoms with van der Waals surface area (Å²) in [5.41, 5.74) is 6.27. The lowest BCUT2D eigenvalue weighted by molar-refractivity contribution is -0.120. The number of hydrogen-bond donors (Lipinski definition) is 2. The zero-order chi connectivity index (χ0) is 18.5. The molecule has 1 aliphatic rings. The first-order chi connectivity index (χ1) is 12.5. The summed E-state index contributed by atoms with van der Waals surface area (Å²) in [5, 5.41) is 2.88. The molecule has 136 valence electrons. The van der Waals surface area contributed by atoms with Gasteiger partial charge in [0.1, 0.15) is 0 Å². The lowest BCUT2D eigenvalue weighted by Crippen LogP contribution is -2.53. The van der Waals surface area contributed by atoms with Crippen molar-refractivity contribution in [3.63, 3.8) is 0 Å². The minimum absolute atomic E-state index is 0.0822. The van der Waals surface area contributed by atoms with Gasteiger partial charge in [0, 0.05) is 49.8 Å². The number of primary amides is 1. The van der Waals surface area contributed by atoms with Gasteiger partial charge in [0.25, 0.3) is 0 Å². The predicted molar refractivity (Wildman–Crippen MR) is 98.9 cm³/mol. The Labute approximate surface area is 152 Å². The molecule has 1 atom stereocenters. The first-order valence-electron chi connectivity index (χ1n) is 8.51. The van der Waals surface area contributed by atoms with E-state index in [1.54, 1.807) is 42.7 Å². The highest BCUT2D eigenvalue weighted by molar-refractivity contribution is 5.96. The van der Waals surface area contributed by atoms with Gasteiger partial charge in [0.15, 0.2) is 0 Å². The lowest BCUT2D eigenvalue weighted by atomic mass is 10.2. The summed E-state index contributed by atoms with van der Waals surface area (Å²) >= 11 is 0. The van der Waals surface area contributed by atoms with Gasteiger partial charge in [-0.05, 0) is 37.3 Å². The van der Waals surface area contributed by atoms with Crippen molar-refractivity contribution in [2.45, 2.75) is 13.0 Å². The second-order valence-corrected chi connectivity index (χ2v) is 6.18. The number of hydrogen-bond acceptors (Lipinski definition) is 6. The van der Waals surface area contributed by atoms with Crippen LogP contribution in [0.2, 0.25) is 0 Å². The highest BCUT2D eigenvalue weighted by atomic mass is 16.2. The Bertz CT molecular complexity index is 757. The summed E-state index contributed by atoms with van der Waals surface area (Å²) in [4.78, 5) is 36.4. The second kappa shape index (κ2) is 7.92. The molecule has 1 saturated heterocycles. The molecule has 2 aromatic rings. The Balaban J connectivity index is 1.53. The molecule has 8 heteroatoms. The Morgan fingerprint density at radius 2 is 1.69 bits per heavy atom. The fourth-order valence-corrected chi connectivity index (χ4v) is 2.89. The Kier molecular flexibility index (Phi) is 5.43. The van der Waals surface area contributed by atoms with Gasteiger partial charge < -0.3 is 16.0 Å². The van der Waals surface area contributed by atoms with Gasteiger partial charge >= 0.3 is 0 Å². The van der Waals surface area contributed by atoms with Crippen molar-refractivity contribution in [3.05, 3.63) is 48.3 Å². The molecular weight excluding hydrogens is 332 g/mol. The molecule has 0 bridgehead atoms. The number of carbonyl (C=O) groups is 2. The van der Waals surface area contributed by atoms with E-state index in [2.05, 4.69) is 25.1 Å². The number of anilines is 2. The summed E-state index contributed by atoms with van der Waals surface area (Å²) in [6.45, 7) is 4.95. The molecular formula is C18H22N6O2. The summed E-state index contributed by atoms with van der Waals surface area (Å²) in [6.07, 6.45) is 3.46. The largest absolute Gasteiger partial charge is 0.366 e. The zero-order valence-electron chi connectivity index (χ0n) is 14.6. The van der Waals surface area contributed by atoms with Crippen LogP contribution in [0.1, 0.15) is 17.3 Å². The van der Waals surface area contributed by atoms with Crippen molar-refractivity contribution in [2.75, 3.05) is 36.4 Å². The van der Waals surface area contributed by atoms with Crippen molar-refractivity contribution in [1.82, 2.24) is 14.9 Å². The van der Waals surface area contributed by atoms with E-state index in [4.69, 9.17) is 5.73 Å².